The predicted molar refractivity (Wildman–Crippen MR) is 356 cm³/mol. The van der Waals surface area contributed by atoms with Gasteiger partial charge in [0.2, 0.25) is 11.8 Å². The Bertz CT molecular complexity index is 1820. The van der Waals surface area contributed by atoms with Crippen molar-refractivity contribution in [1.29, 1.82) is 0 Å². The summed E-state index contributed by atoms with van der Waals surface area (Å²) in [6.07, 6.45) is 42.7. The molecule has 9 unspecified atom stereocenters. The minimum atomic E-state index is -0.972. The average molecular weight is 1270 g/mol. The molecular formula is C70H130N4O15. The van der Waals surface area contributed by atoms with E-state index in [1.807, 2.05) is 71.9 Å². The largest absolute Gasteiger partial charge is 0.481 e. The van der Waals surface area contributed by atoms with Crippen molar-refractivity contribution in [3.63, 3.8) is 0 Å². The van der Waals surface area contributed by atoms with Crippen LogP contribution in [0.1, 0.15) is 255 Å². The number of rotatable bonds is 58. The van der Waals surface area contributed by atoms with Gasteiger partial charge in [-0.2, -0.15) is 0 Å². The van der Waals surface area contributed by atoms with Gasteiger partial charge in [-0.05, 0) is 99.3 Å². The summed E-state index contributed by atoms with van der Waals surface area (Å²) in [5.74, 6) is -5.06. The van der Waals surface area contributed by atoms with Gasteiger partial charge in [-0.15, -0.1) is 0 Å². The number of hydrogen-bond acceptors (Lipinski definition) is 15. The van der Waals surface area contributed by atoms with Crippen LogP contribution in [0.25, 0.3) is 0 Å². The number of carbonyl (C=O) groups is 6. The van der Waals surface area contributed by atoms with Crippen molar-refractivity contribution in [3.8, 4) is 0 Å². The number of nitrogens with two attached hydrogens (primary N) is 2. The molecule has 1 rings (SSSR count). The van der Waals surface area contributed by atoms with Crippen LogP contribution in [0.4, 0.5) is 0 Å². The van der Waals surface area contributed by atoms with E-state index in [-0.39, 0.29) is 98.5 Å². The summed E-state index contributed by atoms with van der Waals surface area (Å²) < 4.78 is 37.7. The Hall–Kier alpha value is -4.08. The molecule has 89 heavy (non-hydrogen) atoms. The fraction of sp³-hybridized carbons (Fsp3) is 0.829. The van der Waals surface area contributed by atoms with E-state index < -0.39 is 23.8 Å². The maximum absolute atomic E-state index is 12.5. The van der Waals surface area contributed by atoms with Crippen LogP contribution < -0.4 is 22.1 Å². The number of aliphatic carboxylic acids is 2. The second-order valence-corrected chi connectivity index (χ2v) is 24.5. The van der Waals surface area contributed by atoms with E-state index in [1.165, 1.54) is 122 Å². The van der Waals surface area contributed by atoms with E-state index in [4.69, 9.17) is 39.9 Å². The molecule has 0 aromatic rings. The Kier molecular flexibility index (Phi) is 61.3. The summed E-state index contributed by atoms with van der Waals surface area (Å²) >= 11 is 0. The first-order chi connectivity index (χ1) is 42.7. The monoisotopic (exact) mass is 1270 g/mol. The number of allylic oxidation sites excluding steroid dienone is 6. The molecule has 0 aliphatic carbocycles. The molecule has 520 valence electrons. The number of ether oxygens (including phenoxy) is 7. The van der Waals surface area contributed by atoms with Gasteiger partial charge in [-0.3, -0.25) is 28.8 Å². The van der Waals surface area contributed by atoms with Crippen LogP contribution in [0.15, 0.2) is 36.5 Å². The van der Waals surface area contributed by atoms with Crippen molar-refractivity contribution in [1.82, 2.24) is 10.6 Å². The number of cyclic esters (lactones) is 2. The molecule has 0 saturated carbocycles. The highest BCUT2D eigenvalue weighted by molar-refractivity contribution is 5.94. The number of carbonyl (C=O) groups excluding carboxylic acids is 4. The second-order valence-electron chi connectivity index (χ2n) is 24.5. The number of carboxylic acid groups (broad SMARTS) is 2. The van der Waals surface area contributed by atoms with Gasteiger partial charge >= 0.3 is 23.9 Å². The Morgan fingerprint density at radius 3 is 1.20 bits per heavy atom. The summed E-state index contributed by atoms with van der Waals surface area (Å²) in [6.45, 7) is 22.3. The van der Waals surface area contributed by atoms with Gasteiger partial charge in [0.05, 0.1) is 102 Å². The standard InChI is InChI=1S/C43H78N2O9.C16H26O3.C11H26N2O3/c1-6-8-10-12-14-16-18-20-22-24-26-38(42(48)49)30-40(46)44-35(3)32-52-28-29-54-37(5)34-53-33-36(4)45-41(47)31-39(43(50)51)27-25-23-21-19-17-15-13-11-9-7-2;1-2-3-4-5-6-7-8-9-10-11-12-14-13-15(17)19-16(14)18;1-9(12)6-14-4-5-16-11(3)8-15-7-10(2)13/h22-25,35-39H,6-21,26-34H2,1-5H3,(H,44,46)(H,45,47)(H,48,49)(H,50,51);10-11,14H,2-9,12-13H2,1H3;9-11H,4-8,12-13H2,1-3H3/b24-22+,25-23+;11-10+;. The molecule has 0 aromatic carbocycles. The topological polar surface area (TPSA) is 284 Å². The van der Waals surface area contributed by atoms with Gasteiger partial charge in [0.25, 0.3) is 0 Å². The quantitative estimate of drug-likeness (QED) is 0.0143. The highest BCUT2D eigenvalue weighted by Gasteiger charge is 2.32. The maximum Gasteiger partial charge on any atom is 0.317 e. The van der Waals surface area contributed by atoms with Gasteiger partial charge in [0, 0.05) is 37.0 Å². The SMILES string of the molecule is CC(N)COCCOC(C)COCC(C)N.CCCCCCCCC/C=C/CC(CC(=O)NC(C)COCCOC(C)COCC(C)NC(=O)CC(C/C=C/CCCCCCCCC)C(=O)O)C(=O)O.CCCCCCCCC/C=C/CC1CC(=O)OC1=O. The summed E-state index contributed by atoms with van der Waals surface area (Å²) in [5.41, 5.74) is 11.1. The van der Waals surface area contributed by atoms with Crippen molar-refractivity contribution >= 4 is 35.7 Å². The number of amides is 2. The highest BCUT2D eigenvalue weighted by atomic mass is 16.6. The molecule has 1 fully saturated rings. The Balaban J connectivity index is 0. The van der Waals surface area contributed by atoms with Crippen molar-refractivity contribution in [2.75, 3.05) is 66.1 Å². The molecule has 0 aromatic heterocycles. The molecule has 1 aliphatic heterocycles. The van der Waals surface area contributed by atoms with Crippen molar-refractivity contribution < 1.29 is 72.1 Å². The molecule has 1 heterocycles. The van der Waals surface area contributed by atoms with Crippen LogP contribution in [0.5, 0.6) is 0 Å². The summed E-state index contributed by atoms with van der Waals surface area (Å²) in [7, 11) is 0. The Morgan fingerprint density at radius 1 is 0.483 bits per heavy atom. The van der Waals surface area contributed by atoms with Crippen LogP contribution in [0.2, 0.25) is 0 Å². The first-order valence-electron chi connectivity index (χ1n) is 34.5. The molecule has 19 nitrogen and oxygen atoms in total. The lowest BCUT2D eigenvalue weighted by atomic mass is 10.00. The van der Waals surface area contributed by atoms with Crippen molar-refractivity contribution in [3.05, 3.63) is 36.5 Å². The molecule has 0 bridgehead atoms. The van der Waals surface area contributed by atoms with Crippen LogP contribution in [-0.4, -0.2) is 148 Å². The summed E-state index contributed by atoms with van der Waals surface area (Å²) in [4.78, 5) is 70.4. The van der Waals surface area contributed by atoms with Gasteiger partial charge in [-0.1, -0.05) is 173 Å². The van der Waals surface area contributed by atoms with Gasteiger partial charge in [0.1, 0.15) is 0 Å². The second kappa shape index (κ2) is 62.7. The van der Waals surface area contributed by atoms with Crippen LogP contribution in [0, 0.1) is 17.8 Å². The van der Waals surface area contributed by atoms with Crippen LogP contribution in [0.3, 0.4) is 0 Å². The van der Waals surface area contributed by atoms with Gasteiger partial charge < -0.3 is 65.5 Å². The van der Waals surface area contributed by atoms with Crippen molar-refractivity contribution in [2.45, 2.75) is 291 Å². The molecule has 0 spiro atoms. The average Bonchev–Trinajstić information content (AvgIpc) is 4.12. The lowest BCUT2D eigenvalue weighted by Crippen LogP contribution is -2.38. The molecule has 1 saturated heterocycles. The number of nitrogens with one attached hydrogen (secondary N) is 2. The fourth-order valence-corrected chi connectivity index (χ4v) is 9.31. The maximum atomic E-state index is 12.5. The van der Waals surface area contributed by atoms with E-state index >= 15 is 0 Å². The Morgan fingerprint density at radius 2 is 0.831 bits per heavy atom. The third-order valence-corrected chi connectivity index (χ3v) is 14.5. The summed E-state index contributed by atoms with van der Waals surface area (Å²) in [5, 5.41) is 24.8. The van der Waals surface area contributed by atoms with E-state index in [9.17, 15) is 39.0 Å². The molecule has 19 heteroatoms. The van der Waals surface area contributed by atoms with Crippen LogP contribution in [-0.2, 0) is 61.9 Å². The number of esters is 2. The van der Waals surface area contributed by atoms with E-state index in [0.717, 1.165) is 32.1 Å². The first kappa shape index (κ1) is 87.0. The molecular weight excluding hydrogens is 1140 g/mol. The molecule has 8 N–H and O–H groups in total. The number of carboxylic acids is 2. The van der Waals surface area contributed by atoms with Crippen LogP contribution >= 0.6 is 0 Å². The number of hydrogen-bond donors (Lipinski definition) is 6. The normalized spacial score (nSPS) is 16.0. The zero-order valence-corrected chi connectivity index (χ0v) is 57.3. The number of unbranched alkanes of at least 4 members (excludes halogenated alkanes) is 21. The summed E-state index contributed by atoms with van der Waals surface area (Å²) in [6, 6.07) is -0.415. The van der Waals surface area contributed by atoms with E-state index in [0.29, 0.717) is 72.1 Å². The Labute approximate surface area is 539 Å². The lowest BCUT2D eigenvalue weighted by Gasteiger charge is -2.19. The molecule has 2 amide bonds. The third kappa shape index (κ3) is 61.2. The third-order valence-electron chi connectivity index (χ3n) is 14.5. The minimum Gasteiger partial charge on any atom is -0.481 e. The lowest BCUT2D eigenvalue weighted by molar-refractivity contribution is -0.153. The fourth-order valence-electron chi connectivity index (χ4n) is 9.31. The van der Waals surface area contributed by atoms with E-state index in [1.54, 1.807) is 0 Å². The van der Waals surface area contributed by atoms with E-state index in [2.05, 4.69) is 42.2 Å². The van der Waals surface area contributed by atoms with Gasteiger partial charge in [0.15, 0.2) is 0 Å². The predicted octanol–water partition coefficient (Wildman–Crippen LogP) is 13.1. The molecule has 1 aliphatic rings. The zero-order chi connectivity index (χ0) is 66.6. The zero-order valence-electron chi connectivity index (χ0n) is 57.3. The molecule has 9 atom stereocenters. The van der Waals surface area contributed by atoms with Crippen molar-refractivity contribution in [2.24, 2.45) is 29.2 Å². The smallest absolute Gasteiger partial charge is 0.317 e. The first-order valence-corrected chi connectivity index (χ1v) is 34.5. The minimum absolute atomic E-state index is 0.0673. The van der Waals surface area contributed by atoms with Gasteiger partial charge in [-0.25, -0.2) is 0 Å². The highest BCUT2D eigenvalue weighted by Crippen LogP contribution is 2.21. The molecule has 0 radical (unpaired) electrons.